The van der Waals surface area contributed by atoms with Crippen LogP contribution in [-0.2, 0) is 24.8 Å². The fourth-order valence-electron chi connectivity index (χ4n) is 9.00. The Morgan fingerprint density at radius 3 is 2.72 bits per heavy atom. The van der Waals surface area contributed by atoms with E-state index in [1.165, 1.54) is 54.4 Å². The van der Waals surface area contributed by atoms with E-state index in [4.69, 9.17) is 15.1 Å². The summed E-state index contributed by atoms with van der Waals surface area (Å²) in [5, 5.41) is 19.2. The Kier molecular flexibility index (Phi) is 4.28. The van der Waals surface area contributed by atoms with Gasteiger partial charge in [-0.25, -0.2) is 14.5 Å². The Morgan fingerprint density at radius 2 is 1.97 bits per heavy atom. The normalized spacial score (nSPS) is 33.6. The van der Waals surface area contributed by atoms with Crippen LogP contribution < -0.4 is 0 Å². The van der Waals surface area contributed by atoms with E-state index < -0.39 is 0 Å². The van der Waals surface area contributed by atoms with Crippen LogP contribution in [0, 0.1) is 28.6 Å². The van der Waals surface area contributed by atoms with Crippen molar-refractivity contribution < 1.29 is 0 Å². The first-order valence-corrected chi connectivity index (χ1v) is 14.5. The molecule has 9 rings (SSSR count). The first-order valence-electron chi connectivity index (χ1n) is 13.7. The molecule has 8 nitrogen and oxygen atoms in total. The molecule has 4 heterocycles. The smallest absolute Gasteiger partial charge is 0.167 e. The summed E-state index contributed by atoms with van der Waals surface area (Å²) in [6.07, 6.45) is 15.4. The average Bonchev–Trinajstić information content (AvgIpc) is 3.54. The van der Waals surface area contributed by atoms with Crippen molar-refractivity contribution in [2.75, 3.05) is 0 Å². The van der Waals surface area contributed by atoms with Gasteiger partial charge in [-0.2, -0.15) is 4.80 Å². The Bertz CT molecular complexity index is 1460. The molecule has 5 aliphatic rings. The molecule has 0 aliphatic heterocycles. The molecule has 4 saturated carbocycles. The van der Waals surface area contributed by atoms with Crippen LogP contribution in [0.15, 0.2) is 12.7 Å². The molecule has 5 aliphatic carbocycles. The standard InChI is InChI=1S/C27H34N8S/c1-25(2,3)18-4-5-19-20(7-18)36-24-22(19)23-31-21(32-34(23)15-28-24)12-26-8-16-6-17(9-26)11-27(10-16,13-26)35-30-14-29-33-35/h14-18H,4-13H2,1-3H3/t16-,17+,18-,26?,27?/m1/s1. The van der Waals surface area contributed by atoms with Gasteiger partial charge in [0.15, 0.2) is 17.8 Å². The number of nitrogens with zero attached hydrogens (tertiary/aromatic N) is 8. The summed E-state index contributed by atoms with van der Waals surface area (Å²) < 4.78 is 1.95. The molecule has 0 N–H and O–H groups in total. The number of hydrogen-bond donors (Lipinski definition) is 0. The first-order chi connectivity index (χ1) is 17.3. The number of rotatable bonds is 3. The molecule has 4 aromatic rings. The molecule has 4 bridgehead atoms. The highest BCUT2D eigenvalue weighted by molar-refractivity contribution is 7.19. The molecule has 0 amide bonds. The minimum atomic E-state index is 0.0323. The summed E-state index contributed by atoms with van der Waals surface area (Å²) in [6.45, 7) is 7.14. The summed E-state index contributed by atoms with van der Waals surface area (Å²) in [5.74, 6) is 3.21. The van der Waals surface area contributed by atoms with Crippen molar-refractivity contribution in [3.05, 3.63) is 28.9 Å². The lowest BCUT2D eigenvalue weighted by Crippen LogP contribution is -2.57. The maximum Gasteiger partial charge on any atom is 0.167 e. The molecule has 0 radical (unpaired) electrons. The third-order valence-corrected chi connectivity index (χ3v) is 11.3. The zero-order valence-electron chi connectivity index (χ0n) is 21.4. The highest BCUT2D eigenvalue weighted by Crippen LogP contribution is 2.64. The van der Waals surface area contributed by atoms with Crippen LogP contribution in [0.25, 0.3) is 15.9 Å². The third kappa shape index (κ3) is 3.10. The topological polar surface area (TPSA) is 86.7 Å². The van der Waals surface area contributed by atoms with Crippen LogP contribution in [0.4, 0.5) is 0 Å². The highest BCUT2D eigenvalue weighted by Gasteiger charge is 2.59. The summed E-state index contributed by atoms with van der Waals surface area (Å²) in [5.41, 5.74) is 3.11. The van der Waals surface area contributed by atoms with Crippen molar-refractivity contribution in [1.82, 2.24) is 39.8 Å². The van der Waals surface area contributed by atoms with Gasteiger partial charge in [0.2, 0.25) is 0 Å². The van der Waals surface area contributed by atoms with Gasteiger partial charge in [0, 0.05) is 11.3 Å². The van der Waals surface area contributed by atoms with Gasteiger partial charge in [-0.05, 0) is 97.1 Å². The Balaban J connectivity index is 1.16. The van der Waals surface area contributed by atoms with E-state index in [0.29, 0.717) is 5.41 Å². The van der Waals surface area contributed by atoms with Crippen molar-refractivity contribution in [2.45, 2.75) is 90.5 Å². The molecule has 0 spiro atoms. The predicted molar refractivity (Wildman–Crippen MR) is 138 cm³/mol. The minimum Gasteiger partial charge on any atom is -0.225 e. The maximum atomic E-state index is 5.22. The number of hydrogen-bond acceptors (Lipinski definition) is 7. The van der Waals surface area contributed by atoms with Gasteiger partial charge >= 0.3 is 0 Å². The lowest BCUT2D eigenvalue weighted by atomic mass is 9.46. The van der Waals surface area contributed by atoms with Crippen molar-refractivity contribution in [3.8, 4) is 0 Å². The van der Waals surface area contributed by atoms with Gasteiger partial charge in [-0.15, -0.1) is 26.6 Å². The van der Waals surface area contributed by atoms with Crippen LogP contribution in [0.1, 0.15) is 82.0 Å². The molecule has 4 aromatic heterocycles. The SMILES string of the molecule is CC(C)(C)[C@@H]1CCc2c(sc3ncn4nc(CC56C[C@H]7C[C@@H](C5)CC(n5ncnn5)(C7)C6)nc4c23)C1. The largest absolute Gasteiger partial charge is 0.225 e. The maximum absolute atomic E-state index is 5.22. The molecular formula is C27H34N8S. The van der Waals surface area contributed by atoms with Crippen LogP contribution >= 0.6 is 11.3 Å². The summed E-state index contributed by atoms with van der Waals surface area (Å²) >= 11 is 1.88. The second kappa shape index (κ2) is 7.11. The van der Waals surface area contributed by atoms with Gasteiger partial charge in [0.1, 0.15) is 11.2 Å². The minimum absolute atomic E-state index is 0.0323. The second-order valence-corrected chi connectivity index (χ2v) is 14.7. The lowest BCUT2D eigenvalue weighted by molar-refractivity contribution is -0.112. The third-order valence-electron chi connectivity index (χ3n) is 10.1. The molecular weight excluding hydrogens is 468 g/mol. The summed E-state index contributed by atoms with van der Waals surface area (Å²) in [7, 11) is 0. The number of tetrazole rings is 1. The predicted octanol–water partition coefficient (Wildman–Crippen LogP) is 5.01. The average molecular weight is 503 g/mol. The van der Waals surface area contributed by atoms with Crippen molar-refractivity contribution >= 4 is 27.2 Å². The molecule has 0 saturated heterocycles. The molecule has 9 heteroatoms. The van der Waals surface area contributed by atoms with Crippen LogP contribution in [0.5, 0.6) is 0 Å². The lowest BCUT2D eigenvalue weighted by Gasteiger charge is -2.61. The Hall–Kier alpha value is -2.42. The fourth-order valence-corrected chi connectivity index (χ4v) is 10.3. The summed E-state index contributed by atoms with van der Waals surface area (Å²) in [4.78, 5) is 14.7. The van der Waals surface area contributed by atoms with Crippen LogP contribution in [0.2, 0.25) is 0 Å². The highest BCUT2D eigenvalue weighted by atomic mass is 32.1. The number of fused-ring (bicyclic) bond motifs is 5. The van der Waals surface area contributed by atoms with Gasteiger partial charge < -0.3 is 0 Å². The molecule has 4 fully saturated rings. The Labute approximate surface area is 214 Å². The van der Waals surface area contributed by atoms with E-state index in [2.05, 4.69) is 36.2 Å². The van der Waals surface area contributed by atoms with E-state index in [0.717, 1.165) is 59.7 Å². The second-order valence-electron chi connectivity index (χ2n) is 13.6. The first kappa shape index (κ1) is 21.6. The molecule has 36 heavy (non-hydrogen) atoms. The molecule has 5 atom stereocenters. The van der Waals surface area contributed by atoms with Gasteiger partial charge in [-0.1, -0.05) is 20.8 Å². The van der Waals surface area contributed by atoms with E-state index in [-0.39, 0.29) is 11.0 Å². The van der Waals surface area contributed by atoms with Gasteiger partial charge in [-0.3, -0.25) is 0 Å². The van der Waals surface area contributed by atoms with E-state index in [1.54, 1.807) is 6.33 Å². The molecule has 2 unspecified atom stereocenters. The fraction of sp³-hybridized carbons (Fsp3) is 0.704. The number of aryl methyl sites for hydroxylation is 1. The monoisotopic (exact) mass is 502 g/mol. The molecule has 188 valence electrons. The zero-order chi connectivity index (χ0) is 24.3. The van der Waals surface area contributed by atoms with Crippen molar-refractivity contribution in [2.24, 2.45) is 28.6 Å². The Morgan fingerprint density at radius 1 is 1.14 bits per heavy atom. The number of aromatic nitrogens is 8. The number of thiophene rings is 1. The van der Waals surface area contributed by atoms with E-state index in [1.807, 2.05) is 27.0 Å². The van der Waals surface area contributed by atoms with Crippen LogP contribution in [0.3, 0.4) is 0 Å². The van der Waals surface area contributed by atoms with Crippen molar-refractivity contribution in [1.29, 1.82) is 0 Å². The van der Waals surface area contributed by atoms with E-state index >= 15 is 0 Å². The van der Waals surface area contributed by atoms with Crippen LogP contribution in [-0.4, -0.2) is 39.8 Å². The summed E-state index contributed by atoms with van der Waals surface area (Å²) in [6, 6.07) is 0. The van der Waals surface area contributed by atoms with E-state index in [9.17, 15) is 0 Å². The zero-order valence-corrected chi connectivity index (χ0v) is 22.3. The van der Waals surface area contributed by atoms with Gasteiger partial charge in [0.05, 0.1) is 10.9 Å². The van der Waals surface area contributed by atoms with Gasteiger partial charge in [0.25, 0.3) is 0 Å². The quantitative estimate of drug-likeness (QED) is 0.391. The van der Waals surface area contributed by atoms with Crippen molar-refractivity contribution in [3.63, 3.8) is 0 Å². The molecule has 0 aromatic carbocycles.